The molecule has 0 bridgehead atoms. The molecule has 1 atom stereocenters. The maximum atomic E-state index is 12.1. The van der Waals surface area contributed by atoms with Crippen LogP contribution in [-0.4, -0.2) is 22.7 Å². The number of hydrogen-bond acceptors (Lipinski definition) is 3. The third kappa shape index (κ3) is 3.54. The molecule has 1 amide bonds. The molecule has 4 nitrogen and oxygen atoms in total. The lowest BCUT2D eigenvalue weighted by Gasteiger charge is -2.23. The van der Waals surface area contributed by atoms with Gasteiger partial charge in [0.1, 0.15) is 5.75 Å². The number of nitrogens with one attached hydrogen (secondary N) is 1. The van der Waals surface area contributed by atoms with Crippen LogP contribution in [0.15, 0.2) is 54.6 Å². The van der Waals surface area contributed by atoms with E-state index in [0.29, 0.717) is 12.1 Å². The van der Waals surface area contributed by atoms with Crippen molar-refractivity contribution in [3.05, 3.63) is 65.7 Å². The number of aromatic hydroxyl groups is 1. The van der Waals surface area contributed by atoms with E-state index in [1.165, 1.54) is 0 Å². The first-order valence-corrected chi connectivity index (χ1v) is 7.87. The second-order valence-corrected chi connectivity index (χ2v) is 6.26. The zero-order valence-electron chi connectivity index (χ0n) is 12.9. The quantitative estimate of drug-likeness (QED) is 0.768. The van der Waals surface area contributed by atoms with Crippen molar-refractivity contribution in [2.45, 2.75) is 25.4 Å². The molecule has 0 spiro atoms. The maximum absolute atomic E-state index is 12.1. The van der Waals surface area contributed by atoms with Crippen LogP contribution >= 0.6 is 0 Å². The lowest BCUT2D eigenvalue weighted by molar-refractivity contribution is -0.121. The Kier molecular flexibility index (Phi) is 4.35. The van der Waals surface area contributed by atoms with E-state index >= 15 is 0 Å². The van der Waals surface area contributed by atoms with Gasteiger partial charge in [-0.2, -0.15) is 0 Å². The van der Waals surface area contributed by atoms with Crippen LogP contribution in [-0.2, 0) is 11.2 Å². The van der Waals surface area contributed by atoms with Crippen molar-refractivity contribution in [2.75, 3.05) is 6.54 Å². The van der Waals surface area contributed by atoms with Crippen LogP contribution in [0.3, 0.4) is 0 Å². The van der Waals surface area contributed by atoms with Gasteiger partial charge in [0.15, 0.2) is 0 Å². The summed E-state index contributed by atoms with van der Waals surface area (Å²) in [6.07, 6.45) is 1.39. The summed E-state index contributed by atoms with van der Waals surface area (Å²) in [6, 6.07) is 16.4. The van der Waals surface area contributed by atoms with E-state index in [1.807, 2.05) is 30.3 Å². The maximum Gasteiger partial charge on any atom is 0.224 e. The number of aliphatic hydroxyl groups is 1. The molecule has 2 aromatic carbocycles. The third-order valence-electron chi connectivity index (χ3n) is 4.57. The summed E-state index contributed by atoms with van der Waals surface area (Å²) < 4.78 is 0. The largest absolute Gasteiger partial charge is 0.508 e. The minimum absolute atomic E-state index is 0.133. The molecule has 0 aromatic heterocycles. The first-order valence-electron chi connectivity index (χ1n) is 7.87. The van der Waals surface area contributed by atoms with Crippen molar-refractivity contribution < 1.29 is 15.0 Å². The number of benzene rings is 2. The molecular formula is C19H21NO3. The molecule has 3 rings (SSSR count). The predicted octanol–water partition coefficient (Wildman–Crippen LogP) is 2.56. The van der Waals surface area contributed by atoms with E-state index in [-0.39, 0.29) is 23.5 Å². The number of amides is 1. The summed E-state index contributed by atoms with van der Waals surface area (Å²) >= 11 is 0. The minimum atomic E-state index is -0.561. The van der Waals surface area contributed by atoms with Gasteiger partial charge in [0, 0.05) is 17.5 Å². The number of hydrogen-bond donors (Lipinski definition) is 3. The van der Waals surface area contributed by atoms with E-state index in [9.17, 15) is 15.0 Å². The zero-order chi connectivity index (χ0) is 16.3. The van der Waals surface area contributed by atoms with Gasteiger partial charge in [-0.1, -0.05) is 48.5 Å². The molecule has 4 heteroatoms. The van der Waals surface area contributed by atoms with Crippen molar-refractivity contribution >= 4 is 5.91 Å². The minimum Gasteiger partial charge on any atom is -0.508 e. The molecule has 1 fully saturated rings. The summed E-state index contributed by atoms with van der Waals surface area (Å²) in [5, 5.41) is 23.2. The Morgan fingerprint density at radius 3 is 2.39 bits per heavy atom. The van der Waals surface area contributed by atoms with E-state index in [1.54, 1.807) is 24.3 Å². The Hall–Kier alpha value is -2.33. The molecule has 1 saturated carbocycles. The summed E-state index contributed by atoms with van der Waals surface area (Å²) in [6.45, 7) is 0.454. The van der Waals surface area contributed by atoms with Crippen LogP contribution in [0.25, 0.3) is 0 Å². The van der Waals surface area contributed by atoms with Gasteiger partial charge in [-0.15, -0.1) is 0 Å². The number of rotatable bonds is 6. The molecule has 0 radical (unpaired) electrons. The topological polar surface area (TPSA) is 69.6 Å². The van der Waals surface area contributed by atoms with E-state index in [2.05, 4.69) is 5.32 Å². The van der Waals surface area contributed by atoms with Crippen molar-refractivity contribution in [1.29, 1.82) is 0 Å². The Bertz CT molecular complexity index is 680. The molecule has 0 aliphatic heterocycles. The van der Waals surface area contributed by atoms with E-state index in [4.69, 9.17) is 0 Å². The van der Waals surface area contributed by atoms with Crippen molar-refractivity contribution in [3.63, 3.8) is 0 Å². The Balaban J connectivity index is 1.57. The summed E-state index contributed by atoms with van der Waals surface area (Å²) in [5.74, 6) is -0.00820. The highest BCUT2D eigenvalue weighted by molar-refractivity contribution is 5.79. The fourth-order valence-electron chi connectivity index (χ4n) is 2.87. The van der Waals surface area contributed by atoms with Gasteiger partial charge >= 0.3 is 0 Å². The lowest BCUT2D eigenvalue weighted by Crippen LogP contribution is -2.34. The van der Waals surface area contributed by atoms with Crippen LogP contribution in [0.1, 0.15) is 30.1 Å². The summed E-state index contributed by atoms with van der Waals surface area (Å²) in [7, 11) is 0. The smallest absolute Gasteiger partial charge is 0.224 e. The number of carbonyl (C=O) groups is 1. The third-order valence-corrected chi connectivity index (χ3v) is 4.57. The van der Waals surface area contributed by atoms with Gasteiger partial charge in [0.25, 0.3) is 0 Å². The van der Waals surface area contributed by atoms with Crippen LogP contribution < -0.4 is 5.32 Å². The number of para-hydroxylation sites is 1. The van der Waals surface area contributed by atoms with Crippen LogP contribution in [0, 0.1) is 5.41 Å². The van der Waals surface area contributed by atoms with Gasteiger partial charge in [-0.3, -0.25) is 4.79 Å². The first-order chi connectivity index (χ1) is 11.1. The average Bonchev–Trinajstić information content (AvgIpc) is 3.36. The molecule has 2 aromatic rings. The molecule has 3 N–H and O–H groups in total. The SMILES string of the molecule is O=C(Cc1ccccc1O)NCC1(C(O)c2ccccc2)CC1. The van der Waals surface area contributed by atoms with Crippen molar-refractivity contribution in [2.24, 2.45) is 5.41 Å². The summed E-state index contributed by atoms with van der Waals surface area (Å²) in [5.41, 5.74) is 1.24. The fraction of sp³-hybridized carbons (Fsp3) is 0.316. The van der Waals surface area contributed by atoms with Crippen LogP contribution in [0.4, 0.5) is 0 Å². The van der Waals surface area contributed by atoms with Crippen molar-refractivity contribution in [3.8, 4) is 5.75 Å². The second kappa shape index (κ2) is 6.42. The highest BCUT2D eigenvalue weighted by Gasteiger charge is 2.49. The second-order valence-electron chi connectivity index (χ2n) is 6.26. The molecule has 1 aliphatic carbocycles. The molecule has 23 heavy (non-hydrogen) atoms. The standard InChI is InChI=1S/C19H21NO3/c21-16-9-5-4-8-15(16)12-17(22)20-13-19(10-11-19)18(23)14-6-2-1-3-7-14/h1-9,18,21,23H,10-13H2,(H,20,22). The Morgan fingerprint density at radius 2 is 1.74 bits per heavy atom. The molecule has 0 saturated heterocycles. The Labute approximate surface area is 135 Å². The van der Waals surface area contributed by atoms with E-state index < -0.39 is 6.10 Å². The van der Waals surface area contributed by atoms with Gasteiger partial charge in [0.2, 0.25) is 5.91 Å². The first kappa shape index (κ1) is 15.6. The highest BCUT2D eigenvalue weighted by atomic mass is 16.3. The van der Waals surface area contributed by atoms with Gasteiger partial charge in [-0.05, 0) is 24.5 Å². The Morgan fingerprint density at radius 1 is 1.09 bits per heavy atom. The number of phenolic OH excluding ortho intramolecular Hbond substituents is 1. The average molecular weight is 311 g/mol. The lowest BCUT2D eigenvalue weighted by atomic mass is 9.92. The predicted molar refractivity (Wildman–Crippen MR) is 87.9 cm³/mol. The molecule has 1 unspecified atom stereocenters. The number of carbonyl (C=O) groups excluding carboxylic acids is 1. The molecule has 1 aliphatic rings. The van der Waals surface area contributed by atoms with Gasteiger partial charge < -0.3 is 15.5 Å². The van der Waals surface area contributed by atoms with Gasteiger partial charge in [-0.25, -0.2) is 0 Å². The zero-order valence-corrected chi connectivity index (χ0v) is 12.9. The highest BCUT2D eigenvalue weighted by Crippen LogP contribution is 2.54. The number of aliphatic hydroxyl groups excluding tert-OH is 1. The monoisotopic (exact) mass is 311 g/mol. The van der Waals surface area contributed by atoms with Crippen molar-refractivity contribution in [1.82, 2.24) is 5.32 Å². The van der Waals surface area contributed by atoms with Crippen LogP contribution in [0.2, 0.25) is 0 Å². The van der Waals surface area contributed by atoms with Gasteiger partial charge in [0.05, 0.1) is 12.5 Å². The normalized spacial score (nSPS) is 16.6. The van der Waals surface area contributed by atoms with Crippen LogP contribution in [0.5, 0.6) is 5.75 Å². The summed E-state index contributed by atoms with van der Waals surface area (Å²) in [4.78, 5) is 12.1. The number of phenols is 1. The van der Waals surface area contributed by atoms with E-state index in [0.717, 1.165) is 18.4 Å². The molecular weight excluding hydrogens is 290 g/mol. The molecule has 0 heterocycles. The molecule has 120 valence electrons. The fourth-order valence-corrected chi connectivity index (χ4v) is 2.87.